The molecule has 2 heterocycles. The van der Waals surface area contributed by atoms with Crippen LogP contribution in [0, 0.1) is 5.92 Å². The van der Waals surface area contributed by atoms with E-state index in [-0.39, 0.29) is 17.3 Å². The summed E-state index contributed by atoms with van der Waals surface area (Å²) in [6.07, 6.45) is 4.75. The molecule has 0 spiro atoms. The predicted molar refractivity (Wildman–Crippen MR) is 103 cm³/mol. The Labute approximate surface area is 155 Å². The number of rotatable bonds is 6. The molecule has 1 atom stereocenters. The number of allylic oxidation sites excluding steroid dienone is 1. The Morgan fingerprint density at radius 2 is 2.36 bits per heavy atom. The number of ether oxygens (including phenoxy) is 1. The van der Waals surface area contributed by atoms with Gasteiger partial charge in [-0.3, -0.25) is 14.2 Å². The summed E-state index contributed by atoms with van der Waals surface area (Å²) in [5, 5.41) is 1.31. The van der Waals surface area contributed by atoms with Crippen molar-refractivity contribution in [2.45, 2.75) is 44.8 Å². The van der Waals surface area contributed by atoms with E-state index >= 15 is 0 Å². The van der Waals surface area contributed by atoms with Crippen LogP contribution in [0.3, 0.4) is 0 Å². The van der Waals surface area contributed by atoms with Gasteiger partial charge in [-0.05, 0) is 37.7 Å². The largest absolute Gasteiger partial charge is 0.465 e. The Bertz CT molecular complexity index is 869. The first kappa shape index (κ1) is 18.2. The third kappa shape index (κ3) is 3.67. The second kappa shape index (κ2) is 7.74. The van der Waals surface area contributed by atoms with Gasteiger partial charge in [0.15, 0.2) is 5.16 Å². The van der Waals surface area contributed by atoms with Gasteiger partial charge in [-0.2, -0.15) is 0 Å². The maximum atomic E-state index is 13.1. The standard InChI is InChI=1S/C18H22N2O3S2/c1-4-8-20-17(22)15-12-7-6-11(3)9-13(12)25-16(15)19-18(20)24-10-14(21)23-5-2/h4,11H,1,5-10H2,2-3H3/t11-/m1/s1. The summed E-state index contributed by atoms with van der Waals surface area (Å²) in [6.45, 7) is 8.50. The highest BCUT2D eigenvalue weighted by molar-refractivity contribution is 7.99. The van der Waals surface area contributed by atoms with Crippen LogP contribution < -0.4 is 5.56 Å². The van der Waals surface area contributed by atoms with Crippen molar-refractivity contribution in [1.29, 1.82) is 0 Å². The quantitative estimate of drug-likeness (QED) is 0.334. The lowest BCUT2D eigenvalue weighted by atomic mass is 9.89. The molecule has 0 saturated carbocycles. The van der Waals surface area contributed by atoms with Gasteiger partial charge >= 0.3 is 5.97 Å². The third-order valence-corrected chi connectivity index (χ3v) is 6.41. The highest BCUT2D eigenvalue weighted by Gasteiger charge is 2.24. The van der Waals surface area contributed by atoms with E-state index in [0.717, 1.165) is 29.5 Å². The van der Waals surface area contributed by atoms with Crippen LogP contribution in [0.5, 0.6) is 0 Å². The Kier molecular flexibility index (Phi) is 5.64. The number of aryl methyl sites for hydroxylation is 1. The summed E-state index contributed by atoms with van der Waals surface area (Å²) in [4.78, 5) is 31.5. The molecule has 0 radical (unpaired) electrons. The average Bonchev–Trinajstić information content (AvgIpc) is 2.93. The molecule has 1 aliphatic carbocycles. The number of nitrogens with zero attached hydrogens (tertiary/aromatic N) is 2. The molecule has 0 aliphatic heterocycles. The number of fused-ring (bicyclic) bond motifs is 3. The van der Waals surface area contributed by atoms with Crippen molar-refractivity contribution in [1.82, 2.24) is 9.55 Å². The van der Waals surface area contributed by atoms with Crippen molar-refractivity contribution in [3.8, 4) is 0 Å². The Morgan fingerprint density at radius 3 is 3.08 bits per heavy atom. The van der Waals surface area contributed by atoms with Gasteiger partial charge in [-0.15, -0.1) is 17.9 Å². The molecule has 2 aromatic rings. The summed E-state index contributed by atoms with van der Waals surface area (Å²) in [6, 6.07) is 0. The van der Waals surface area contributed by atoms with E-state index in [1.807, 2.05) is 0 Å². The molecule has 134 valence electrons. The first-order chi connectivity index (χ1) is 12.0. The Balaban J connectivity index is 2.04. The minimum atomic E-state index is -0.300. The molecule has 0 aromatic carbocycles. The second-order valence-electron chi connectivity index (χ2n) is 6.22. The Morgan fingerprint density at radius 1 is 1.56 bits per heavy atom. The maximum Gasteiger partial charge on any atom is 0.316 e. The number of esters is 1. The molecule has 0 unspecified atom stereocenters. The van der Waals surface area contributed by atoms with Gasteiger partial charge < -0.3 is 4.74 Å². The van der Waals surface area contributed by atoms with Crippen molar-refractivity contribution < 1.29 is 9.53 Å². The van der Waals surface area contributed by atoms with Crippen molar-refractivity contribution in [2.75, 3.05) is 12.4 Å². The SMILES string of the molecule is C=CCn1c(SCC(=O)OCC)nc2sc3c(c2c1=O)CC[C@@H](C)C3. The van der Waals surface area contributed by atoms with Gasteiger partial charge in [0.05, 0.1) is 17.7 Å². The van der Waals surface area contributed by atoms with E-state index in [4.69, 9.17) is 9.72 Å². The average molecular weight is 379 g/mol. The van der Waals surface area contributed by atoms with Crippen LogP contribution in [0.4, 0.5) is 0 Å². The summed E-state index contributed by atoms with van der Waals surface area (Å²) < 4.78 is 6.58. The molecule has 25 heavy (non-hydrogen) atoms. The van der Waals surface area contributed by atoms with E-state index in [1.165, 1.54) is 22.2 Å². The summed E-state index contributed by atoms with van der Waals surface area (Å²) in [7, 11) is 0. The van der Waals surface area contributed by atoms with Crippen LogP contribution in [0.25, 0.3) is 10.2 Å². The van der Waals surface area contributed by atoms with Gasteiger partial charge in [-0.1, -0.05) is 24.8 Å². The minimum Gasteiger partial charge on any atom is -0.465 e. The molecule has 1 aliphatic rings. The van der Waals surface area contributed by atoms with Crippen molar-refractivity contribution in [3.05, 3.63) is 33.4 Å². The van der Waals surface area contributed by atoms with Crippen LogP contribution in [-0.4, -0.2) is 27.9 Å². The zero-order chi connectivity index (χ0) is 18.0. The summed E-state index contributed by atoms with van der Waals surface area (Å²) in [5.41, 5.74) is 1.15. The normalized spacial score (nSPS) is 16.6. The van der Waals surface area contributed by atoms with Gasteiger partial charge in [0.1, 0.15) is 4.83 Å². The van der Waals surface area contributed by atoms with Crippen molar-refractivity contribution in [3.63, 3.8) is 0 Å². The monoisotopic (exact) mass is 378 g/mol. The fraction of sp³-hybridized carbons (Fsp3) is 0.500. The number of hydrogen-bond donors (Lipinski definition) is 0. The zero-order valence-corrected chi connectivity index (χ0v) is 16.2. The fourth-order valence-corrected chi connectivity index (χ4v) is 5.36. The van der Waals surface area contributed by atoms with E-state index in [9.17, 15) is 9.59 Å². The van der Waals surface area contributed by atoms with E-state index in [0.29, 0.717) is 24.2 Å². The molecular formula is C18H22N2O3S2. The van der Waals surface area contributed by atoms with E-state index < -0.39 is 0 Å². The number of thioether (sulfide) groups is 1. The molecule has 3 rings (SSSR count). The van der Waals surface area contributed by atoms with Crippen LogP contribution in [0.1, 0.15) is 30.7 Å². The van der Waals surface area contributed by atoms with Crippen LogP contribution in [0.15, 0.2) is 22.6 Å². The number of aromatic nitrogens is 2. The first-order valence-corrected chi connectivity index (χ1v) is 10.3. The lowest BCUT2D eigenvalue weighted by Crippen LogP contribution is -2.24. The fourth-order valence-electron chi connectivity index (χ4n) is 3.13. The molecule has 0 bridgehead atoms. The van der Waals surface area contributed by atoms with Crippen molar-refractivity contribution >= 4 is 39.3 Å². The molecular weight excluding hydrogens is 356 g/mol. The van der Waals surface area contributed by atoms with E-state index in [1.54, 1.807) is 28.9 Å². The lowest BCUT2D eigenvalue weighted by molar-refractivity contribution is -0.139. The highest BCUT2D eigenvalue weighted by Crippen LogP contribution is 2.36. The molecule has 0 amide bonds. The minimum absolute atomic E-state index is 0.0247. The lowest BCUT2D eigenvalue weighted by Gasteiger charge is -2.17. The molecule has 0 fully saturated rings. The predicted octanol–water partition coefficient (Wildman–Crippen LogP) is 3.42. The molecule has 0 saturated heterocycles. The smallest absolute Gasteiger partial charge is 0.316 e. The zero-order valence-electron chi connectivity index (χ0n) is 14.5. The second-order valence-corrected chi connectivity index (χ2v) is 8.25. The molecule has 7 heteroatoms. The maximum absolute atomic E-state index is 13.1. The number of carbonyl (C=O) groups is 1. The van der Waals surface area contributed by atoms with Crippen LogP contribution >= 0.6 is 23.1 Å². The van der Waals surface area contributed by atoms with E-state index in [2.05, 4.69) is 13.5 Å². The topological polar surface area (TPSA) is 61.2 Å². The van der Waals surface area contributed by atoms with Crippen LogP contribution in [-0.2, 0) is 28.9 Å². The number of thiophene rings is 1. The van der Waals surface area contributed by atoms with Gasteiger partial charge in [-0.25, -0.2) is 4.98 Å². The van der Waals surface area contributed by atoms with Gasteiger partial charge in [0, 0.05) is 11.4 Å². The summed E-state index contributed by atoms with van der Waals surface area (Å²) in [5.74, 6) is 0.491. The van der Waals surface area contributed by atoms with Gasteiger partial charge in [0.25, 0.3) is 5.56 Å². The number of hydrogen-bond acceptors (Lipinski definition) is 6. The van der Waals surface area contributed by atoms with Crippen LogP contribution in [0.2, 0.25) is 0 Å². The number of carbonyl (C=O) groups excluding carboxylic acids is 1. The first-order valence-electron chi connectivity index (χ1n) is 8.49. The third-order valence-electron chi connectivity index (χ3n) is 4.32. The molecule has 2 aromatic heterocycles. The van der Waals surface area contributed by atoms with Crippen molar-refractivity contribution in [2.24, 2.45) is 5.92 Å². The Hall–Kier alpha value is -1.60. The molecule has 5 nitrogen and oxygen atoms in total. The highest BCUT2D eigenvalue weighted by atomic mass is 32.2. The summed E-state index contributed by atoms with van der Waals surface area (Å²) >= 11 is 2.87. The van der Waals surface area contributed by atoms with Gasteiger partial charge in [0.2, 0.25) is 0 Å². The molecule has 0 N–H and O–H groups in total.